The molecule has 5 nitrogen and oxygen atoms in total. The molecule has 106 valence electrons. The summed E-state index contributed by atoms with van der Waals surface area (Å²) in [6.07, 6.45) is 2.29. The van der Waals surface area contributed by atoms with Crippen LogP contribution in [0.15, 0.2) is 0 Å². The Morgan fingerprint density at radius 2 is 1.95 bits per heavy atom. The minimum absolute atomic E-state index is 0.129. The molecule has 5 rings (SSSR count). The molecular weight excluding hydrogens is 248 g/mol. The summed E-state index contributed by atoms with van der Waals surface area (Å²) in [6.45, 7) is 6.04. The van der Waals surface area contributed by atoms with Gasteiger partial charge in [-0.3, -0.25) is 4.79 Å². The smallest absolute Gasteiger partial charge is 0.311 e. The third kappa shape index (κ3) is 1.33. The fourth-order valence-electron chi connectivity index (χ4n) is 4.58. The lowest BCUT2D eigenvalue weighted by molar-refractivity contribution is -0.599. The van der Waals surface area contributed by atoms with E-state index >= 15 is 0 Å². The van der Waals surface area contributed by atoms with Gasteiger partial charge in [0.05, 0.1) is 5.92 Å². The first-order valence-electron chi connectivity index (χ1n) is 7.21. The first-order valence-corrected chi connectivity index (χ1v) is 7.21. The molecule has 0 aromatic carbocycles. The van der Waals surface area contributed by atoms with Crippen molar-refractivity contribution in [2.45, 2.75) is 57.7 Å². The number of esters is 1. The summed E-state index contributed by atoms with van der Waals surface area (Å²) in [5.74, 6) is -0.109. The van der Waals surface area contributed by atoms with Gasteiger partial charge in [0.15, 0.2) is 5.60 Å². The van der Waals surface area contributed by atoms with Crippen molar-refractivity contribution in [1.29, 1.82) is 0 Å². The molecule has 2 bridgehead atoms. The molecule has 1 aliphatic carbocycles. The number of ether oxygens (including phenoxy) is 2. The van der Waals surface area contributed by atoms with Crippen LogP contribution < -0.4 is 0 Å². The van der Waals surface area contributed by atoms with E-state index in [0.29, 0.717) is 11.8 Å². The first-order chi connectivity index (χ1) is 8.96. The van der Waals surface area contributed by atoms with E-state index < -0.39 is 17.7 Å². The Morgan fingerprint density at radius 3 is 2.74 bits per heavy atom. The molecule has 5 heteroatoms. The summed E-state index contributed by atoms with van der Waals surface area (Å²) < 4.78 is 11.4. The summed E-state index contributed by atoms with van der Waals surface area (Å²) in [7, 11) is 0. The van der Waals surface area contributed by atoms with Crippen LogP contribution in [-0.4, -0.2) is 23.6 Å². The Kier molecular flexibility index (Phi) is 2.24. The fourth-order valence-corrected chi connectivity index (χ4v) is 4.58. The second-order valence-electron chi connectivity index (χ2n) is 6.80. The van der Waals surface area contributed by atoms with E-state index in [4.69, 9.17) is 19.2 Å². The van der Waals surface area contributed by atoms with Gasteiger partial charge in [0.1, 0.15) is 0 Å². The molecule has 4 aliphatic heterocycles. The van der Waals surface area contributed by atoms with E-state index in [1.165, 1.54) is 0 Å². The standard InChI is InChI=1S/C14H20O5/c1-7-4-5-9-8(2)11(15)16-12-14(9)10(7)6-13(3,17-12)18-19-14/h7-10,12H,4-6H2,1-3H3/t7-,8-,9+,10+,12-,13+,14+/m1/s1. The zero-order chi connectivity index (χ0) is 13.4. The summed E-state index contributed by atoms with van der Waals surface area (Å²) in [4.78, 5) is 23.3. The number of hydrogen-bond acceptors (Lipinski definition) is 5. The Morgan fingerprint density at radius 1 is 1.16 bits per heavy atom. The van der Waals surface area contributed by atoms with Gasteiger partial charge in [-0.1, -0.05) is 13.8 Å². The topological polar surface area (TPSA) is 54.0 Å². The van der Waals surface area contributed by atoms with Crippen LogP contribution in [0.3, 0.4) is 0 Å². The quantitative estimate of drug-likeness (QED) is 0.497. The molecule has 0 aromatic heterocycles. The molecule has 5 aliphatic rings. The van der Waals surface area contributed by atoms with E-state index in [9.17, 15) is 4.79 Å². The summed E-state index contributed by atoms with van der Waals surface area (Å²) in [5, 5.41) is 0. The highest BCUT2D eigenvalue weighted by Gasteiger charge is 2.72. The number of carbonyl (C=O) groups is 1. The highest BCUT2D eigenvalue weighted by molar-refractivity contribution is 5.74. The molecule has 0 amide bonds. The van der Waals surface area contributed by atoms with E-state index in [1.54, 1.807) is 0 Å². The van der Waals surface area contributed by atoms with Crippen LogP contribution in [0.5, 0.6) is 0 Å². The van der Waals surface area contributed by atoms with Crippen LogP contribution >= 0.6 is 0 Å². The molecule has 4 saturated heterocycles. The van der Waals surface area contributed by atoms with E-state index in [0.717, 1.165) is 19.3 Å². The number of fused-ring (bicyclic) bond motifs is 1. The third-order valence-corrected chi connectivity index (χ3v) is 5.66. The Labute approximate surface area is 112 Å². The predicted octanol–water partition coefficient (Wildman–Crippen LogP) is 2.00. The van der Waals surface area contributed by atoms with Gasteiger partial charge in [-0.05, 0) is 25.7 Å². The molecule has 0 radical (unpaired) electrons. The lowest BCUT2D eigenvalue weighted by Gasteiger charge is -2.65. The van der Waals surface area contributed by atoms with Gasteiger partial charge < -0.3 is 9.47 Å². The van der Waals surface area contributed by atoms with Gasteiger partial charge >= 0.3 is 5.97 Å². The van der Waals surface area contributed by atoms with Gasteiger partial charge in [0.25, 0.3) is 0 Å². The van der Waals surface area contributed by atoms with Gasteiger partial charge in [0, 0.05) is 18.3 Å². The Bertz CT molecular complexity index is 438. The minimum atomic E-state index is -0.784. The minimum Gasteiger partial charge on any atom is -0.432 e. The van der Waals surface area contributed by atoms with Crippen molar-refractivity contribution in [3.63, 3.8) is 0 Å². The highest BCUT2D eigenvalue weighted by atomic mass is 17.3. The molecule has 0 unspecified atom stereocenters. The van der Waals surface area contributed by atoms with E-state index in [2.05, 4.69) is 6.92 Å². The second-order valence-corrected chi connectivity index (χ2v) is 6.80. The van der Waals surface area contributed by atoms with Crippen molar-refractivity contribution < 1.29 is 24.0 Å². The fraction of sp³-hybridized carbons (Fsp3) is 0.929. The highest BCUT2D eigenvalue weighted by Crippen LogP contribution is 2.61. The van der Waals surface area contributed by atoms with Gasteiger partial charge in [-0.2, -0.15) is 0 Å². The Hall–Kier alpha value is -0.650. The molecular formula is C14H20O5. The molecule has 0 aromatic rings. The molecule has 1 spiro atoms. The summed E-state index contributed by atoms with van der Waals surface area (Å²) in [5.41, 5.74) is -0.594. The molecule has 7 atom stereocenters. The van der Waals surface area contributed by atoms with Crippen molar-refractivity contribution in [2.75, 3.05) is 0 Å². The monoisotopic (exact) mass is 268 g/mol. The maximum absolute atomic E-state index is 12.0. The van der Waals surface area contributed by atoms with Crippen molar-refractivity contribution >= 4 is 5.97 Å². The lowest BCUT2D eigenvalue weighted by Crippen LogP contribution is -2.76. The lowest BCUT2D eigenvalue weighted by atomic mass is 9.56. The summed E-state index contributed by atoms with van der Waals surface area (Å²) in [6, 6.07) is 0. The predicted molar refractivity (Wildman–Crippen MR) is 63.4 cm³/mol. The Balaban J connectivity index is 1.83. The second kappa shape index (κ2) is 3.51. The zero-order valence-corrected chi connectivity index (χ0v) is 11.5. The van der Waals surface area contributed by atoms with E-state index in [-0.39, 0.29) is 17.8 Å². The van der Waals surface area contributed by atoms with Crippen LogP contribution in [0.2, 0.25) is 0 Å². The van der Waals surface area contributed by atoms with Crippen LogP contribution in [-0.2, 0) is 24.0 Å². The van der Waals surface area contributed by atoms with Crippen molar-refractivity contribution in [2.24, 2.45) is 23.7 Å². The third-order valence-electron chi connectivity index (χ3n) is 5.66. The number of rotatable bonds is 0. The first kappa shape index (κ1) is 12.1. The van der Waals surface area contributed by atoms with Crippen molar-refractivity contribution in [1.82, 2.24) is 0 Å². The maximum Gasteiger partial charge on any atom is 0.311 e. The maximum atomic E-state index is 12.0. The van der Waals surface area contributed by atoms with Gasteiger partial charge in [0.2, 0.25) is 12.1 Å². The number of hydrogen-bond donors (Lipinski definition) is 0. The molecule has 5 fully saturated rings. The van der Waals surface area contributed by atoms with Crippen molar-refractivity contribution in [3.8, 4) is 0 Å². The van der Waals surface area contributed by atoms with Crippen LogP contribution in [0.25, 0.3) is 0 Å². The van der Waals surface area contributed by atoms with Crippen LogP contribution in [0, 0.1) is 23.7 Å². The molecule has 19 heavy (non-hydrogen) atoms. The van der Waals surface area contributed by atoms with E-state index in [1.807, 2.05) is 13.8 Å². The SMILES string of the molecule is C[C@@H]1CC[C@H]2[C@@H](C)C(=O)O[C@@H]3O[C@]4(C)C[C@@H]1[C@]32OO4. The van der Waals surface area contributed by atoms with Crippen LogP contribution in [0.4, 0.5) is 0 Å². The summed E-state index contributed by atoms with van der Waals surface area (Å²) >= 11 is 0. The largest absolute Gasteiger partial charge is 0.432 e. The zero-order valence-electron chi connectivity index (χ0n) is 11.5. The van der Waals surface area contributed by atoms with Crippen LogP contribution in [0.1, 0.15) is 40.0 Å². The average molecular weight is 268 g/mol. The van der Waals surface area contributed by atoms with Gasteiger partial charge in [-0.15, -0.1) is 0 Å². The normalized spacial score (nSPS) is 59.5. The van der Waals surface area contributed by atoms with Crippen molar-refractivity contribution in [3.05, 3.63) is 0 Å². The number of carbonyl (C=O) groups excluding carboxylic acids is 1. The molecule has 0 N–H and O–H groups in total. The average Bonchev–Trinajstić information content (AvgIpc) is 2.37. The molecule has 1 saturated carbocycles. The molecule has 4 heterocycles. The van der Waals surface area contributed by atoms with Gasteiger partial charge in [-0.25, -0.2) is 9.78 Å².